The zero-order chi connectivity index (χ0) is 21.1. The molecule has 2 rings (SSSR count). The molecule has 0 aromatic heterocycles. The quantitative estimate of drug-likeness (QED) is 0.628. The fourth-order valence-corrected chi connectivity index (χ4v) is 3.82. The number of likely N-dealkylation sites (tertiary alicyclic amines) is 1. The molecule has 0 bridgehead atoms. The van der Waals surface area contributed by atoms with Crippen LogP contribution in [0.3, 0.4) is 0 Å². The Hall–Kier alpha value is -1.93. The van der Waals surface area contributed by atoms with E-state index in [9.17, 15) is 14.7 Å². The molecule has 1 heterocycles. The molecule has 2 atom stereocenters. The van der Waals surface area contributed by atoms with Crippen molar-refractivity contribution in [1.82, 2.24) is 10.2 Å². The number of aliphatic hydroxyl groups is 1. The van der Waals surface area contributed by atoms with Crippen molar-refractivity contribution < 1.29 is 24.2 Å². The second-order valence-corrected chi connectivity index (χ2v) is 8.70. The molecule has 1 saturated heterocycles. The van der Waals surface area contributed by atoms with Crippen LogP contribution >= 0.6 is 12.6 Å². The standard InChI is InChI=1S/C20H30N2O5S/c1-13-14(7-6-8-15(13)26-5)17(24)20(28)10-9-16(23)22(20)12-11-21-18(25)27-19(2,3)4/h6-8,17,24,28H,9-12H2,1-5H3,(H,21,25)/t17?,20-/m0/s1. The number of amides is 2. The molecule has 28 heavy (non-hydrogen) atoms. The Morgan fingerprint density at radius 1 is 1.43 bits per heavy atom. The zero-order valence-electron chi connectivity index (χ0n) is 17.1. The number of ether oxygens (including phenoxy) is 2. The van der Waals surface area contributed by atoms with Gasteiger partial charge in [-0.1, -0.05) is 12.1 Å². The van der Waals surface area contributed by atoms with Gasteiger partial charge >= 0.3 is 6.09 Å². The Labute approximate surface area is 171 Å². The van der Waals surface area contributed by atoms with Gasteiger partial charge in [-0.3, -0.25) is 4.79 Å². The molecule has 1 fully saturated rings. The molecular formula is C20H30N2O5S. The largest absolute Gasteiger partial charge is 0.496 e. The monoisotopic (exact) mass is 410 g/mol. The van der Waals surface area contributed by atoms with Gasteiger partial charge in [0.25, 0.3) is 0 Å². The number of nitrogens with zero attached hydrogens (tertiary/aromatic N) is 1. The van der Waals surface area contributed by atoms with Gasteiger partial charge in [0.2, 0.25) is 5.91 Å². The lowest BCUT2D eigenvalue weighted by molar-refractivity contribution is -0.131. The van der Waals surface area contributed by atoms with Gasteiger partial charge < -0.3 is 24.8 Å². The van der Waals surface area contributed by atoms with Gasteiger partial charge in [0.05, 0.1) is 7.11 Å². The molecule has 156 valence electrons. The summed E-state index contributed by atoms with van der Waals surface area (Å²) in [7, 11) is 1.57. The van der Waals surface area contributed by atoms with Gasteiger partial charge in [-0.2, -0.15) is 0 Å². The van der Waals surface area contributed by atoms with Crippen LogP contribution in [0.1, 0.15) is 50.8 Å². The summed E-state index contributed by atoms with van der Waals surface area (Å²) >= 11 is 4.72. The first-order valence-corrected chi connectivity index (χ1v) is 9.75. The van der Waals surface area contributed by atoms with Gasteiger partial charge in [-0.25, -0.2) is 4.79 Å². The van der Waals surface area contributed by atoms with Crippen molar-refractivity contribution >= 4 is 24.6 Å². The molecule has 0 spiro atoms. The van der Waals surface area contributed by atoms with Gasteiger partial charge in [-0.15, -0.1) is 12.6 Å². The summed E-state index contributed by atoms with van der Waals surface area (Å²) in [6, 6.07) is 5.42. The maximum Gasteiger partial charge on any atom is 0.407 e. The van der Waals surface area contributed by atoms with E-state index in [0.717, 1.165) is 5.56 Å². The highest BCUT2D eigenvalue weighted by molar-refractivity contribution is 7.81. The molecule has 1 aliphatic heterocycles. The van der Waals surface area contributed by atoms with E-state index in [1.807, 2.05) is 13.0 Å². The lowest BCUT2D eigenvalue weighted by atomic mass is 9.95. The van der Waals surface area contributed by atoms with Crippen molar-refractivity contribution in [3.63, 3.8) is 0 Å². The van der Waals surface area contributed by atoms with Gasteiger partial charge in [0.1, 0.15) is 22.3 Å². The van der Waals surface area contributed by atoms with E-state index in [1.54, 1.807) is 40.0 Å². The van der Waals surface area contributed by atoms with Crippen molar-refractivity contribution in [3.05, 3.63) is 29.3 Å². The number of hydrogen-bond donors (Lipinski definition) is 3. The van der Waals surface area contributed by atoms with Crippen LogP contribution in [0, 0.1) is 6.92 Å². The van der Waals surface area contributed by atoms with E-state index >= 15 is 0 Å². The topological polar surface area (TPSA) is 88.1 Å². The Bertz CT molecular complexity index is 734. The van der Waals surface area contributed by atoms with E-state index in [1.165, 1.54) is 4.90 Å². The van der Waals surface area contributed by atoms with Crippen LogP contribution in [0.15, 0.2) is 18.2 Å². The Morgan fingerprint density at radius 2 is 2.11 bits per heavy atom. The predicted molar refractivity (Wildman–Crippen MR) is 110 cm³/mol. The summed E-state index contributed by atoms with van der Waals surface area (Å²) in [6.07, 6.45) is -0.859. The third-order valence-corrected chi connectivity index (χ3v) is 5.47. The highest BCUT2D eigenvalue weighted by Crippen LogP contribution is 2.45. The molecule has 0 radical (unpaired) electrons. The molecule has 2 N–H and O–H groups in total. The van der Waals surface area contributed by atoms with Crippen molar-refractivity contribution in [3.8, 4) is 5.75 Å². The number of hydrogen-bond acceptors (Lipinski definition) is 6. The lowest BCUT2D eigenvalue weighted by Crippen LogP contribution is -2.49. The number of carbonyl (C=O) groups is 2. The molecule has 1 aliphatic rings. The van der Waals surface area contributed by atoms with Crippen LogP contribution in [0.4, 0.5) is 4.79 Å². The molecule has 2 amide bonds. The summed E-state index contributed by atoms with van der Waals surface area (Å²) < 4.78 is 10.5. The number of benzene rings is 1. The number of methoxy groups -OCH3 is 1. The second kappa shape index (κ2) is 8.61. The zero-order valence-corrected chi connectivity index (χ0v) is 18.0. The Kier molecular flexibility index (Phi) is 6.88. The number of aliphatic hydroxyl groups excluding tert-OH is 1. The fraction of sp³-hybridized carbons (Fsp3) is 0.600. The highest BCUT2D eigenvalue weighted by Gasteiger charge is 2.48. The van der Waals surface area contributed by atoms with Crippen LogP contribution in [-0.4, -0.2) is 52.7 Å². The van der Waals surface area contributed by atoms with Gasteiger partial charge in [-0.05, 0) is 51.3 Å². The first kappa shape index (κ1) is 22.4. The first-order chi connectivity index (χ1) is 13.0. The number of rotatable bonds is 6. The predicted octanol–water partition coefficient (Wildman–Crippen LogP) is 2.81. The van der Waals surface area contributed by atoms with E-state index < -0.39 is 22.7 Å². The van der Waals surface area contributed by atoms with Gasteiger partial charge in [0, 0.05) is 19.5 Å². The maximum absolute atomic E-state index is 12.4. The van der Waals surface area contributed by atoms with E-state index in [-0.39, 0.29) is 25.4 Å². The number of alkyl carbamates (subject to hydrolysis) is 1. The van der Waals surface area contributed by atoms with Crippen LogP contribution in [0.2, 0.25) is 0 Å². The molecule has 1 aromatic rings. The third-order valence-electron chi connectivity index (χ3n) is 4.76. The normalized spacial score (nSPS) is 20.8. The summed E-state index contributed by atoms with van der Waals surface area (Å²) in [6.45, 7) is 7.63. The van der Waals surface area contributed by atoms with E-state index in [4.69, 9.17) is 22.1 Å². The smallest absolute Gasteiger partial charge is 0.407 e. The number of carbonyl (C=O) groups excluding carboxylic acids is 2. The molecule has 0 saturated carbocycles. The van der Waals surface area contributed by atoms with Crippen molar-refractivity contribution in [2.24, 2.45) is 0 Å². The lowest BCUT2D eigenvalue weighted by Gasteiger charge is -2.39. The third kappa shape index (κ3) is 4.91. The minimum atomic E-state index is -1.07. The van der Waals surface area contributed by atoms with Crippen LogP contribution in [0.5, 0.6) is 5.75 Å². The molecule has 7 nitrogen and oxygen atoms in total. The van der Waals surface area contributed by atoms with Crippen LogP contribution in [-0.2, 0) is 9.53 Å². The SMILES string of the molecule is COc1cccc(C(O)[C@@]2(S)CCC(=O)N2CCNC(=O)OC(C)(C)C)c1C. The van der Waals surface area contributed by atoms with Crippen LogP contribution in [0.25, 0.3) is 0 Å². The van der Waals surface area contributed by atoms with E-state index in [0.29, 0.717) is 17.7 Å². The average Bonchev–Trinajstić information content (AvgIpc) is 2.89. The molecule has 1 unspecified atom stereocenters. The first-order valence-electron chi connectivity index (χ1n) is 9.31. The van der Waals surface area contributed by atoms with Crippen molar-refractivity contribution in [2.75, 3.05) is 20.2 Å². The maximum atomic E-state index is 12.4. The van der Waals surface area contributed by atoms with Gasteiger partial charge in [0.15, 0.2) is 0 Å². The number of thiol groups is 1. The Morgan fingerprint density at radius 3 is 2.71 bits per heavy atom. The van der Waals surface area contributed by atoms with E-state index in [2.05, 4.69) is 5.32 Å². The van der Waals surface area contributed by atoms with Crippen molar-refractivity contribution in [2.45, 2.75) is 57.1 Å². The van der Waals surface area contributed by atoms with Crippen LogP contribution < -0.4 is 10.1 Å². The summed E-state index contributed by atoms with van der Waals surface area (Å²) in [5, 5.41) is 13.7. The summed E-state index contributed by atoms with van der Waals surface area (Å²) in [4.78, 5) is 24.7. The minimum Gasteiger partial charge on any atom is -0.496 e. The minimum absolute atomic E-state index is 0.111. The Balaban J connectivity index is 2.12. The molecule has 8 heteroatoms. The highest BCUT2D eigenvalue weighted by atomic mass is 32.1. The molecular weight excluding hydrogens is 380 g/mol. The average molecular weight is 411 g/mol. The number of nitrogens with one attached hydrogen (secondary N) is 1. The fourth-order valence-electron chi connectivity index (χ4n) is 3.36. The van der Waals surface area contributed by atoms with Crippen molar-refractivity contribution in [1.29, 1.82) is 0 Å². The second-order valence-electron chi connectivity index (χ2n) is 7.93. The molecule has 0 aliphatic carbocycles. The summed E-state index contributed by atoms with van der Waals surface area (Å²) in [5.41, 5.74) is 0.868. The molecule has 1 aromatic carbocycles. The summed E-state index contributed by atoms with van der Waals surface area (Å²) in [5.74, 6) is 0.552.